The molecular formula is C14H9ClN4S. The second-order valence-electron chi connectivity index (χ2n) is 4.81. The molecule has 2 aromatic heterocycles. The van der Waals surface area contributed by atoms with Crippen LogP contribution in [0.4, 0.5) is 0 Å². The zero-order valence-corrected chi connectivity index (χ0v) is 11.9. The van der Waals surface area contributed by atoms with Gasteiger partial charge in [0.1, 0.15) is 11.6 Å². The van der Waals surface area contributed by atoms with Crippen molar-refractivity contribution in [3.63, 3.8) is 0 Å². The maximum Gasteiger partial charge on any atom is 0.212 e. The third-order valence-electron chi connectivity index (χ3n) is 3.40. The topological polar surface area (TPSA) is 54.5 Å². The highest BCUT2D eigenvalue weighted by atomic mass is 35.5. The lowest BCUT2D eigenvalue weighted by Gasteiger charge is -1.95. The highest BCUT2D eigenvalue weighted by Crippen LogP contribution is 2.43. The Morgan fingerprint density at radius 2 is 2.15 bits per heavy atom. The Hall–Kier alpha value is -1.90. The number of nitrogens with zero attached hydrogens (tertiary/aromatic N) is 4. The molecule has 0 spiro atoms. The summed E-state index contributed by atoms with van der Waals surface area (Å²) < 4.78 is 2.68. The molecule has 1 fully saturated rings. The smallest absolute Gasteiger partial charge is 0.212 e. The Morgan fingerprint density at radius 3 is 2.85 bits per heavy atom. The van der Waals surface area contributed by atoms with Crippen LogP contribution >= 0.6 is 22.9 Å². The van der Waals surface area contributed by atoms with Gasteiger partial charge >= 0.3 is 0 Å². The highest BCUT2D eigenvalue weighted by molar-refractivity contribution is 7.20. The van der Waals surface area contributed by atoms with E-state index in [2.05, 4.69) is 16.2 Å². The monoisotopic (exact) mass is 300 g/mol. The van der Waals surface area contributed by atoms with Crippen LogP contribution < -0.4 is 0 Å². The van der Waals surface area contributed by atoms with Gasteiger partial charge in [-0.2, -0.15) is 15.0 Å². The van der Waals surface area contributed by atoms with E-state index < -0.39 is 0 Å². The molecule has 0 bridgehead atoms. The first-order valence-corrected chi connectivity index (χ1v) is 7.52. The zero-order chi connectivity index (χ0) is 13.7. The van der Waals surface area contributed by atoms with Crippen LogP contribution in [0.5, 0.6) is 0 Å². The summed E-state index contributed by atoms with van der Waals surface area (Å²) in [7, 11) is 0. The Labute approximate surface area is 124 Å². The van der Waals surface area contributed by atoms with Gasteiger partial charge in [-0.25, -0.2) is 4.98 Å². The van der Waals surface area contributed by atoms with Crippen LogP contribution in [-0.4, -0.2) is 14.8 Å². The summed E-state index contributed by atoms with van der Waals surface area (Å²) in [6, 6.07) is 10.1. The molecule has 98 valence electrons. The lowest BCUT2D eigenvalue weighted by atomic mass is 10.2. The van der Waals surface area contributed by atoms with E-state index in [1.165, 1.54) is 11.3 Å². The highest BCUT2D eigenvalue weighted by Gasteiger charge is 2.32. The third-order valence-corrected chi connectivity index (χ3v) is 4.76. The van der Waals surface area contributed by atoms with Crippen LogP contribution in [0.15, 0.2) is 24.3 Å². The summed E-state index contributed by atoms with van der Waals surface area (Å²) in [6.45, 7) is 0. The van der Waals surface area contributed by atoms with Gasteiger partial charge in [-0.15, -0.1) is 0 Å². The molecule has 6 heteroatoms. The number of thiazole rings is 1. The van der Waals surface area contributed by atoms with E-state index in [4.69, 9.17) is 11.6 Å². The quantitative estimate of drug-likeness (QED) is 0.721. The Morgan fingerprint density at radius 1 is 1.35 bits per heavy atom. The van der Waals surface area contributed by atoms with Gasteiger partial charge in [0.05, 0.1) is 15.9 Å². The van der Waals surface area contributed by atoms with E-state index in [1.807, 2.05) is 24.3 Å². The molecule has 1 aromatic carbocycles. The fourth-order valence-electron chi connectivity index (χ4n) is 2.24. The second-order valence-corrected chi connectivity index (χ2v) is 6.18. The van der Waals surface area contributed by atoms with Crippen molar-refractivity contribution < 1.29 is 0 Å². The maximum absolute atomic E-state index is 9.27. The van der Waals surface area contributed by atoms with Gasteiger partial charge in [-0.05, 0) is 25.0 Å². The molecular weight excluding hydrogens is 292 g/mol. The molecule has 4 nitrogen and oxygen atoms in total. The number of para-hydroxylation sites is 1. The molecule has 20 heavy (non-hydrogen) atoms. The van der Waals surface area contributed by atoms with Crippen molar-refractivity contribution in [2.75, 3.05) is 0 Å². The van der Waals surface area contributed by atoms with Gasteiger partial charge in [0.15, 0.2) is 5.15 Å². The minimum Gasteiger partial charge on any atom is -0.218 e. The molecule has 0 amide bonds. The van der Waals surface area contributed by atoms with Crippen molar-refractivity contribution in [2.24, 2.45) is 0 Å². The van der Waals surface area contributed by atoms with Crippen molar-refractivity contribution in [3.8, 4) is 11.2 Å². The predicted molar refractivity (Wildman–Crippen MR) is 78.4 cm³/mol. The molecule has 1 aliphatic carbocycles. The summed E-state index contributed by atoms with van der Waals surface area (Å²) in [4.78, 5) is 4.54. The lowest BCUT2D eigenvalue weighted by Crippen LogP contribution is -1.96. The van der Waals surface area contributed by atoms with Crippen molar-refractivity contribution >= 4 is 33.2 Å². The molecule has 0 unspecified atom stereocenters. The van der Waals surface area contributed by atoms with Gasteiger partial charge in [0.25, 0.3) is 0 Å². The third kappa shape index (κ3) is 1.73. The van der Waals surface area contributed by atoms with E-state index in [-0.39, 0.29) is 0 Å². The second kappa shape index (κ2) is 4.30. The van der Waals surface area contributed by atoms with Gasteiger partial charge in [0.2, 0.25) is 5.13 Å². The summed E-state index contributed by atoms with van der Waals surface area (Å²) in [6.07, 6.45) is 2.17. The molecule has 1 aliphatic rings. The number of nitriles is 1. The molecule has 0 radical (unpaired) electrons. The molecule has 0 saturated heterocycles. The number of benzene rings is 1. The average molecular weight is 301 g/mol. The van der Waals surface area contributed by atoms with Crippen LogP contribution in [0.2, 0.25) is 5.15 Å². The fourth-order valence-corrected chi connectivity index (χ4v) is 3.47. The minimum atomic E-state index is 0.369. The van der Waals surface area contributed by atoms with E-state index >= 15 is 0 Å². The van der Waals surface area contributed by atoms with Gasteiger partial charge in [-0.3, -0.25) is 0 Å². The van der Waals surface area contributed by atoms with Crippen molar-refractivity contribution in [2.45, 2.75) is 18.8 Å². The average Bonchev–Trinajstić information content (AvgIpc) is 3.12. The fraction of sp³-hybridized carbons (Fsp3) is 0.214. The normalized spacial score (nSPS) is 14.6. The minimum absolute atomic E-state index is 0.369. The SMILES string of the molecule is N#Cc1c(C2CC2)nn(-c2nc3ccccc3s2)c1Cl. The molecule has 3 aromatic rings. The van der Waals surface area contributed by atoms with E-state index in [0.29, 0.717) is 21.8 Å². The number of hydrogen-bond donors (Lipinski definition) is 0. The van der Waals surface area contributed by atoms with Crippen molar-refractivity contribution in [1.82, 2.24) is 14.8 Å². The van der Waals surface area contributed by atoms with Crippen molar-refractivity contribution in [3.05, 3.63) is 40.7 Å². The Kier molecular flexibility index (Phi) is 2.56. The number of halogens is 1. The predicted octanol–water partition coefficient (Wildman–Crippen LogP) is 3.88. The Balaban J connectivity index is 1.91. The van der Waals surface area contributed by atoms with E-state index in [1.54, 1.807) is 4.68 Å². The standard InChI is InChI=1S/C14H9ClN4S/c15-13-9(7-16)12(8-5-6-8)18-19(13)14-17-10-3-1-2-4-11(10)20-14/h1-4,8H,5-6H2. The maximum atomic E-state index is 9.27. The molecule has 0 N–H and O–H groups in total. The summed E-state index contributed by atoms with van der Waals surface area (Å²) in [5.41, 5.74) is 2.23. The molecule has 0 aliphatic heterocycles. The van der Waals surface area contributed by atoms with Crippen molar-refractivity contribution in [1.29, 1.82) is 5.26 Å². The number of aromatic nitrogens is 3. The first-order chi connectivity index (χ1) is 9.78. The number of hydrogen-bond acceptors (Lipinski definition) is 4. The lowest BCUT2D eigenvalue weighted by molar-refractivity contribution is 0.832. The van der Waals surface area contributed by atoms with Gasteiger partial charge < -0.3 is 0 Å². The summed E-state index contributed by atoms with van der Waals surface area (Å²) in [5, 5.41) is 14.9. The largest absolute Gasteiger partial charge is 0.218 e. The molecule has 0 atom stereocenters. The van der Waals surface area contributed by atoms with Crippen LogP contribution in [0.25, 0.3) is 15.3 Å². The van der Waals surface area contributed by atoms with Crippen LogP contribution in [0.3, 0.4) is 0 Å². The molecule has 2 heterocycles. The Bertz CT molecular complexity index is 821. The van der Waals surface area contributed by atoms with E-state index in [0.717, 1.165) is 28.8 Å². The first-order valence-electron chi connectivity index (χ1n) is 6.32. The summed E-state index contributed by atoms with van der Waals surface area (Å²) >= 11 is 7.83. The summed E-state index contributed by atoms with van der Waals surface area (Å²) in [5.74, 6) is 0.387. The van der Waals surface area contributed by atoms with Gasteiger partial charge in [0, 0.05) is 5.92 Å². The molecule has 1 saturated carbocycles. The first kappa shape index (κ1) is 11.9. The van der Waals surface area contributed by atoms with Crippen LogP contribution in [0.1, 0.15) is 30.0 Å². The van der Waals surface area contributed by atoms with E-state index in [9.17, 15) is 5.26 Å². The van der Waals surface area contributed by atoms with Gasteiger partial charge in [-0.1, -0.05) is 35.1 Å². The number of rotatable bonds is 2. The number of fused-ring (bicyclic) bond motifs is 1. The zero-order valence-electron chi connectivity index (χ0n) is 10.4. The van der Waals surface area contributed by atoms with Crippen LogP contribution in [0, 0.1) is 11.3 Å². The molecule has 4 rings (SSSR count). The van der Waals surface area contributed by atoms with Crippen LogP contribution in [-0.2, 0) is 0 Å².